The molecule has 0 heterocycles. The van der Waals surface area contributed by atoms with Crippen LogP contribution in [-0.2, 0) is 14.8 Å². The molecule has 0 aromatic heterocycles. The molecule has 2 atom stereocenters. The largest absolute Gasteiger partial charge is 0.481 e. The molecule has 0 bridgehead atoms. The van der Waals surface area contributed by atoms with Crippen molar-refractivity contribution in [2.45, 2.75) is 44.6 Å². The van der Waals surface area contributed by atoms with Crippen LogP contribution >= 0.6 is 0 Å². The summed E-state index contributed by atoms with van der Waals surface area (Å²) in [4.78, 5) is 10.3. The van der Waals surface area contributed by atoms with Gasteiger partial charge >= 0.3 is 5.97 Å². The summed E-state index contributed by atoms with van der Waals surface area (Å²) in [6.45, 7) is 0.247. The van der Waals surface area contributed by atoms with Gasteiger partial charge in [0.1, 0.15) is 0 Å². The highest BCUT2D eigenvalue weighted by Gasteiger charge is 2.24. The molecule has 106 valence electrons. The first kappa shape index (κ1) is 15.4. The fourth-order valence-corrected chi connectivity index (χ4v) is 3.28. The SMILES string of the molecule is O=C(O)CCCS(=O)(=O)NCC1CCCCC1O. The molecule has 1 aliphatic carbocycles. The van der Waals surface area contributed by atoms with Gasteiger partial charge < -0.3 is 10.2 Å². The quantitative estimate of drug-likeness (QED) is 0.622. The van der Waals surface area contributed by atoms with Crippen LogP contribution in [0.5, 0.6) is 0 Å². The number of hydrogen-bond acceptors (Lipinski definition) is 4. The van der Waals surface area contributed by atoms with Crippen molar-refractivity contribution in [1.29, 1.82) is 0 Å². The third-order valence-corrected chi connectivity index (χ3v) is 4.67. The Balaban J connectivity index is 2.29. The maximum absolute atomic E-state index is 11.6. The molecule has 0 aliphatic heterocycles. The number of carbonyl (C=O) groups is 1. The second kappa shape index (κ2) is 7.06. The average molecular weight is 279 g/mol. The molecule has 1 aliphatic rings. The van der Waals surface area contributed by atoms with Crippen molar-refractivity contribution >= 4 is 16.0 Å². The van der Waals surface area contributed by atoms with E-state index in [1.165, 1.54) is 0 Å². The molecule has 0 spiro atoms. The zero-order valence-electron chi connectivity index (χ0n) is 10.3. The molecular formula is C11H21NO5S. The van der Waals surface area contributed by atoms with Gasteiger partial charge in [0.05, 0.1) is 11.9 Å². The summed E-state index contributed by atoms with van der Waals surface area (Å²) in [6, 6.07) is 0. The molecule has 6 nitrogen and oxygen atoms in total. The van der Waals surface area contributed by atoms with Crippen LogP contribution < -0.4 is 4.72 Å². The van der Waals surface area contributed by atoms with Crippen molar-refractivity contribution in [3.05, 3.63) is 0 Å². The van der Waals surface area contributed by atoms with Gasteiger partial charge in [0.15, 0.2) is 0 Å². The first-order valence-electron chi connectivity index (χ1n) is 6.28. The molecule has 1 saturated carbocycles. The van der Waals surface area contributed by atoms with Crippen LogP contribution in [0.4, 0.5) is 0 Å². The summed E-state index contributed by atoms with van der Waals surface area (Å²) in [5.74, 6) is -1.19. The van der Waals surface area contributed by atoms with Crippen molar-refractivity contribution in [3.63, 3.8) is 0 Å². The monoisotopic (exact) mass is 279 g/mol. The summed E-state index contributed by atoms with van der Waals surface area (Å²) in [6.07, 6.45) is 3.10. The van der Waals surface area contributed by atoms with Crippen molar-refractivity contribution in [2.75, 3.05) is 12.3 Å². The van der Waals surface area contributed by atoms with Crippen molar-refractivity contribution in [3.8, 4) is 0 Å². The van der Waals surface area contributed by atoms with Gasteiger partial charge in [0.2, 0.25) is 10.0 Å². The van der Waals surface area contributed by atoms with Crippen molar-refractivity contribution in [2.24, 2.45) is 5.92 Å². The predicted molar refractivity (Wildman–Crippen MR) is 66.6 cm³/mol. The second-order valence-electron chi connectivity index (χ2n) is 4.78. The highest BCUT2D eigenvalue weighted by molar-refractivity contribution is 7.89. The van der Waals surface area contributed by atoms with Crippen LogP contribution in [-0.4, -0.2) is 43.0 Å². The van der Waals surface area contributed by atoms with Crippen LogP contribution in [0.1, 0.15) is 38.5 Å². The zero-order chi connectivity index (χ0) is 13.6. The van der Waals surface area contributed by atoms with E-state index in [0.717, 1.165) is 25.7 Å². The third-order valence-electron chi connectivity index (χ3n) is 3.24. The Labute approximate surface area is 107 Å². The number of carboxylic acid groups (broad SMARTS) is 1. The highest BCUT2D eigenvalue weighted by atomic mass is 32.2. The Kier molecular flexibility index (Phi) is 6.04. The van der Waals surface area contributed by atoms with Crippen LogP contribution in [0.15, 0.2) is 0 Å². The lowest BCUT2D eigenvalue weighted by Gasteiger charge is -2.27. The number of aliphatic hydroxyl groups excluding tert-OH is 1. The maximum atomic E-state index is 11.6. The van der Waals surface area contributed by atoms with Gasteiger partial charge in [-0.2, -0.15) is 0 Å². The Morgan fingerprint density at radius 1 is 1.28 bits per heavy atom. The molecular weight excluding hydrogens is 258 g/mol. The molecule has 0 aromatic rings. The van der Waals surface area contributed by atoms with Gasteiger partial charge in [-0.05, 0) is 25.2 Å². The van der Waals surface area contributed by atoms with E-state index in [0.29, 0.717) is 0 Å². The molecule has 1 rings (SSSR count). The molecule has 3 N–H and O–H groups in total. The van der Waals surface area contributed by atoms with Crippen molar-refractivity contribution in [1.82, 2.24) is 4.72 Å². The van der Waals surface area contributed by atoms with Crippen molar-refractivity contribution < 1.29 is 23.4 Å². The first-order valence-corrected chi connectivity index (χ1v) is 7.93. The molecule has 1 fully saturated rings. The first-order chi connectivity index (χ1) is 8.41. The lowest BCUT2D eigenvalue weighted by Crippen LogP contribution is -2.37. The Morgan fingerprint density at radius 3 is 2.56 bits per heavy atom. The van der Waals surface area contributed by atoms with E-state index in [1.54, 1.807) is 0 Å². The van der Waals surface area contributed by atoms with E-state index in [2.05, 4.69) is 4.72 Å². The lowest BCUT2D eigenvalue weighted by molar-refractivity contribution is -0.137. The van der Waals surface area contributed by atoms with Crippen LogP contribution in [0.25, 0.3) is 0 Å². The fourth-order valence-electron chi connectivity index (χ4n) is 2.15. The number of aliphatic hydroxyl groups is 1. The van der Waals surface area contributed by atoms with Crippen LogP contribution in [0.2, 0.25) is 0 Å². The Morgan fingerprint density at radius 2 is 1.94 bits per heavy atom. The standard InChI is InChI=1S/C11H21NO5S/c13-10-5-2-1-4-9(10)8-12-18(16,17)7-3-6-11(14)15/h9-10,12-13H,1-8H2,(H,14,15). The van der Waals surface area contributed by atoms with Gasteiger partial charge in [0.25, 0.3) is 0 Å². The summed E-state index contributed by atoms with van der Waals surface area (Å²) < 4.78 is 25.6. The lowest BCUT2D eigenvalue weighted by atomic mass is 9.87. The van der Waals surface area contributed by atoms with Crippen LogP contribution in [0, 0.1) is 5.92 Å². The minimum atomic E-state index is -3.42. The topological polar surface area (TPSA) is 104 Å². The summed E-state index contributed by atoms with van der Waals surface area (Å²) in [5.41, 5.74) is 0. The second-order valence-corrected chi connectivity index (χ2v) is 6.70. The van der Waals surface area contributed by atoms with E-state index < -0.39 is 22.1 Å². The van der Waals surface area contributed by atoms with Gasteiger partial charge in [-0.3, -0.25) is 4.79 Å². The minimum Gasteiger partial charge on any atom is -0.481 e. The van der Waals surface area contributed by atoms with E-state index in [4.69, 9.17) is 5.11 Å². The summed E-state index contributed by atoms with van der Waals surface area (Å²) >= 11 is 0. The predicted octanol–water partition coefficient (Wildman–Crippen LogP) is 0.322. The van der Waals surface area contributed by atoms with Gasteiger partial charge in [0, 0.05) is 13.0 Å². The summed E-state index contributed by atoms with van der Waals surface area (Å²) in [5, 5.41) is 18.1. The molecule has 0 amide bonds. The molecule has 0 saturated heterocycles. The number of rotatable bonds is 7. The Hall–Kier alpha value is -0.660. The zero-order valence-corrected chi connectivity index (χ0v) is 11.2. The Bertz CT molecular complexity index is 368. The molecule has 7 heteroatoms. The average Bonchev–Trinajstić information content (AvgIpc) is 2.27. The van der Waals surface area contributed by atoms with Gasteiger partial charge in [-0.1, -0.05) is 12.8 Å². The molecule has 2 unspecified atom stereocenters. The van der Waals surface area contributed by atoms with E-state index in [-0.39, 0.29) is 31.1 Å². The van der Waals surface area contributed by atoms with E-state index in [9.17, 15) is 18.3 Å². The highest BCUT2D eigenvalue weighted by Crippen LogP contribution is 2.23. The number of sulfonamides is 1. The minimum absolute atomic E-state index is 0.0204. The number of aliphatic carboxylic acids is 1. The number of carboxylic acids is 1. The summed E-state index contributed by atoms with van der Waals surface area (Å²) in [7, 11) is -3.42. The van der Waals surface area contributed by atoms with Crippen LogP contribution in [0.3, 0.4) is 0 Å². The smallest absolute Gasteiger partial charge is 0.303 e. The normalized spacial score (nSPS) is 24.9. The number of nitrogens with one attached hydrogen (secondary N) is 1. The van der Waals surface area contributed by atoms with Gasteiger partial charge in [-0.15, -0.1) is 0 Å². The molecule has 0 aromatic carbocycles. The number of hydrogen-bond donors (Lipinski definition) is 3. The fraction of sp³-hybridized carbons (Fsp3) is 0.909. The van der Waals surface area contributed by atoms with Gasteiger partial charge in [-0.25, -0.2) is 13.1 Å². The van der Waals surface area contributed by atoms with E-state index >= 15 is 0 Å². The molecule has 18 heavy (non-hydrogen) atoms. The third kappa shape index (κ3) is 5.79. The maximum Gasteiger partial charge on any atom is 0.303 e. The molecule has 0 radical (unpaired) electrons. The van der Waals surface area contributed by atoms with E-state index in [1.807, 2.05) is 0 Å².